The van der Waals surface area contributed by atoms with Crippen molar-refractivity contribution in [3.63, 3.8) is 0 Å². The maximum Gasteiger partial charge on any atom is 0.310 e. The summed E-state index contributed by atoms with van der Waals surface area (Å²) in [5, 5.41) is 0. The molecule has 0 aliphatic heterocycles. The molecular weight excluding hydrogens is 436 g/mol. The lowest BCUT2D eigenvalue weighted by Gasteiger charge is -2.58. The predicted octanol–water partition coefficient (Wildman–Crippen LogP) is 7.11. The van der Waals surface area contributed by atoms with E-state index >= 15 is 0 Å². The van der Waals surface area contributed by atoms with E-state index in [0.29, 0.717) is 17.8 Å². The minimum Gasteiger partial charge on any atom is -0.458 e. The van der Waals surface area contributed by atoms with Gasteiger partial charge >= 0.3 is 11.9 Å². The molecule has 3 saturated carbocycles. The van der Waals surface area contributed by atoms with Gasteiger partial charge in [0.2, 0.25) is 0 Å². The average molecular weight is 479 g/mol. The molecule has 4 heteroatoms. The normalized spacial score (nSPS) is 38.9. The highest BCUT2D eigenvalue weighted by atomic mass is 16.5. The van der Waals surface area contributed by atoms with E-state index in [2.05, 4.69) is 51.1 Å². The number of carbonyl (C=O) groups excluding carboxylic acids is 2. The molecule has 8 atom stereocenters. The van der Waals surface area contributed by atoms with Crippen LogP contribution in [0.5, 0.6) is 0 Å². The van der Waals surface area contributed by atoms with Crippen LogP contribution in [0.3, 0.4) is 0 Å². The Morgan fingerprint density at radius 3 is 2.43 bits per heavy atom. The summed E-state index contributed by atoms with van der Waals surface area (Å²) in [6.45, 7) is 10.4. The van der Waals surface area contributed by atoms with Crippen molar-refractivity contribution in [3.8, 4) is 0 Å². The van der Waals surface area contributed by atoms with Gasteiger partial charge in [0.05, 0.1) is 5.92 Å². The van der Waals surface area contributed by atoms with E-state index in [4.69, 9.17) is 9.47 Å². The van der Waals surface area contributed by atoms with Crippen molar-refractivity contribution in [2.24, 2.45) is 34.5 Å². The van der Waals surface area contributed by atoms with Gasteiger partial charge in [0, 0.05) is 6.92 Å². The summed E-state index contributed by atoms with van der Waals surface area (Å²) >= 11 is 0. The SMILES string of the molecule is CC(=O)O[C@@H]1C=C2CC[C@H]3[C@@H]4CC[C@H](C(=O)O[C@@H](C)c5ccc(C)cc5)[C@@]4(C)CC[C@@H]3[C@@]2(C)CC1. The number of hydrogen-bond acceptors (Lipinski definition) is 4. The fraction of sp³-hybridized carbons (Fsp3) is 0.677. The van der Waals surface area contributed by atoms with E-state index in [9.17, 15) is 9.59 Å². The average Bonchev–Trinajstić information content (AvgIpc) is 3.16. The standard InChI is InChI=1S/C31H42O4/c1-19-6-8-22(9-7-19)20(2)34-29(33)28-13-12-26-25-11-10-23-18-24(35-21(3)32)14-16-30(23,4)27(25)15-17-31(26,28)5/h6-9,18,20,24-28H,10-17H2,1-5H3/t20-,24-,25-,26-,27-,28+,30-,31-/m0/s1. The molecule has 0 N–H and O–H groups in total. The molecule has 3 fully saturated rings. The van der Waals surface area contributed by atoms with Crippen molar-refractivity contribution in [2.75, 3.05) is 0 Å². The highest BCUT2D eigenvalue weighted by Gasteiger charge is 2.60. The number of allylic oxidation sites excluding steroid dienone is 1. The lowest BCUT2D eigenvalue weighted by Crippen LogP contribution is -2.51. The molecule has 0 aromatic heterocycles. The zero-order valence-electron chi connectivity index (χ0n) is 22.1. The Balaban J connectivity index is 1.30. The lowest BCUT2D eigenvalue weighted by molar-refractivity contribution is -0.161. The Morgan fingerprint density at radius 2 is 1.71 bits per heavy atom. The molecule has 35 heavy (non-hydrogen) atoms. The number of aryl methyl sites for hydroxylation is 1. The van der Waals surface area contributed by atoms with Crippen LogP contribution in [0, 0.1) is 41.4 Å². The van der Waals surface area contributed by atoms with E-state index in [0.717, 1.165) is 44.1 Å². The number of carbonyl (C=O) groups is 2. The molecule has 4 aliphatic carbocycles. The van der Waals surface area contributed by atoms with Crippen LogP contribution >= 0.6 is 0 Å². The molecule has 0 saturated heterocycles. The number of ether oxygens (including phenoxy) is 2. The molecule has 0 unspecified atom stereocenters. The van der Waals surface area contributed by atoms with Crippen LogP contribution < -0.4 is 0 Å². The fourth-order valence-electron chi connectivity index (χ4n) is 8.55. The van der Waals surface area contributed by atoms with E-state index in [-0.39, 0.29) is 40.9 Å². The summed E-state index contributed by atoms with van der Waals surface area (Å²) in [6.07, 6.45) is 10.7. The number of fused-ring (bicyclic) bond motifs is 5. The molecule has 190 valence electrons. The smallest absolute Gasteiger partial charge is 0.310 e. The number of esters is 2. The minimum atomic E-state index is -0.212. The first-order valence-corrected chi connectivity index (χ1v) is 13.8. The molecule has 5 rings (SSSR count). The quantitative estimate of drug-likeness (QED) is 0.342. The van der Waals surface area contributed by atoms with Gasteiger partial charge in [-0.2, -0.15) is 0 Å². The summed E-state index contributed by atoms with van der Waals surface area (Å²) in [6, 6.07) is 8.31. The van der Waals surface area contributed by atoms with Crippen molar-refractivity contribution in [3.05, 3.63) is 47.0 Å². The lowest BCUT2D eigenvalue weighted by atomic mass is 9.47. The second-order valence-corrected chi connectivity index (χ2v) is 12.4. The van der Waals surface area contributed by atoms with Crippen LogP contribution in [0.1, 0.15) is 96.3 Å². The first kappa shape index (κ1) is 24.6. The van der Waals surface area contributed by atoms with E-state index in [1.165, 1.54) is 30.9 Å². The molecule has 4 aliphatic rings. The number of hydrogen-bond donors (Lipinski definition) is 0. The van der Waals surface area contributed by atoms with Crippen LogP contribution in [-0.4, -0.2) is 18.0 Å². The van der Waals surface area contributed by atoms with E-state index in [1.54, 1.807) is 0 Å². The zero-order valence-corrected chi connectivity index (χ0v) is 22.1. The highest BCUT2D eigenvalue weighted by molar-refractivity contribution is 5.74. The van der Waals surface area contributed by atoms with Crippen molar-refractivity contribution in [1.82, 2.24) is 0 Å². The van der Waals surface area contributed by atoms with E-state index in [1.807, 2.05) is 6.92 Å². The minimum absolute atomic E-state index is 0.00537. The van der Waals surface area contributed by atoms with Crippen molar-refractivity contribution in [1.29, 1.82) is 0 Å². The molecular formula is C31H42O4. The first-order chi connectivity index (χ1) is 16.6. The van der Waals surface area contributed by atoms with Gasteiger partial charge in [-0.25, -0.2) is 0 Å². The van der Waals surface area contributed by atoms with Gasteiger partial charge in [-0.15, -0.1) is 0 Å². The van der Waals surface area contributed by atoms with Gasteiger partial charge in [-0.3, -0.25) is 9.59 Å². The predicted molar refractivity (Wildman–Crippen MR) is 136 cm³/mol. The maximum absolute atomic E-state index is 13.5. The summed E-state index contributed by atoms with van der Waals surface area (Å²) in [5.41, 5.74) is 4.04. The molecule has 1 aromatic carbocycles. The Bertz CT molecular complexity index is 1010. The monoisotopic (exact) mass is 478 g/mol. The third-order valence-electron chi connectivity index (χ3n) is 10.5. The molecule has 0 heterocycles. The summed E-state index contributed by atoms with van der Waals surface area (Å²) < 4.78 is 11.6. The summed E-state index contributed by atoms with van der Waals surface area (Å²) in [7, 11) is 0. The molecule has 4 nitrogen and oxygen atoms in total. The Morgan fingerprint density at radius 1 is 0.971 bits per heavy atom. The van der Waals surface area contributed by atoms with Gasteiger partial charge in [0.1, 0.15) is 12.2 Å². The van der Waals surface area contributed by atoms with E-state index < -0.39 is 0 Å². The summed E-state index contributed by atoms with van der Waals surface area (Å²) in [4.78, 5) is 25.0. The van der Waals surface area contributed by atoms with Crippen LogP contribution in [0.2, 0.25) is 0 Å². The van der Waals surface area contributed by atoms with Crippen LogP contribution in [0.15, 0.2) is 35.9 Å². The third-order valence-corrected chi connectivity index (χ3v) is 10.5. The Kier molecular flexibility index (Phi) is 6.38. The second-order valence-electron chi connectivity index (χ2n) is 12.4. The van der Waals surface area contributed by atoms with Crippen LogP contribution in [0.4, 0.5) is 0 Å². The fourth-order valence-corrected chi connectivity index (χ4v) is 8.55. The van der Waals surface area contributed by atoms with Gasteiger partial charge in [0.25, 0.3) is 0 Å². The van der Waals surface area contributed by atoms with Gasteiger partial charge in [0.15, 0.2) is 0 Å². The second kappa shape index (κ2) is 9.09. The molecule has 0 radical (unpaired) electrons. The Labute approximate surface area is 210 Å². The van der Waals surface area contributed by atoms with Gasteiger partial charge in [-0.05, 0) is 105 Å². The Hall–Kier alpha value is -2.10. The van der Waals surface area contributed by atoms with Crippen molar-refractivity contribution in [2.45, 2.75) is 98.2 Å². The van der Waals surface area contributed by atoms with Crippen LogP contribution in [-0.2, 0) is 19.1 Å². The van der Waals surface area contributed by atoms with Crippen molar-refractivity contribution < 1.29 is 19.1 Å². The molecule has 1 aromatic rings. The van der Waals surface area contributed by atoms with Crippen LogP contribution in [0.25, 0.3) is 0 Å². The topological polar surface area (TPSA) is 52.6 Å². The largest absolute Gasteiger partial charge is 0.458 e. The zero-order chi connectivity index (χ0) is 25.0. The number of benzene rings is 1. The molecule has 0 amide bonds. The van der Waals surface area contributed by atoms with Crippen molar-refractivity contribution >= 4 is 11.9 Å². The third kappa shape index (κ3) is 4.25. The molecule has 0 bridgehead atoms. The molecule has 0 spiro atoms. The van der Waals surface area contributed by atoms with Gasteiger partial charge < -0.3 is 9.47 Å². The highest BCUT2D eigenvalue weighted by Crippen LogP contribution is 2.67. The maximum atomic E-state index is 13.5. The number of rotatable bonds is 4. The first-order valence-electron chi connectivity index (χ1n) is 13.8. The summed E-state index contributed by atoms with van der Waals surface area (Å²) in [5.74, 6) is 1.77. The van der Waals surface area contributed by atoms with Gasteiger partial charge in [-0.1, -0.05) is 49.2 Å².